The van der Waals surface area contributed by atoms with Crippen molar-refractivity contribution < 1.29 is 40.7 Å². The highest BCUT2D eigenvalue weighted by atomic mass is 35.5. The summed E-state index contributed by atoms with van der Waals surface area (Å²) in [7, 11) is -4.57. The molecule has 3 rings (SSSR count). The average molecular weight is 568 g/mol. The van der Waals surface area contributed by atoms with Gasteiger partial charge < -0.3 is 15.8 Å². The Morgan fingerprint density at radius 1 is 1.22 bits per heavy atom. The zero-order valence-corrected chi connectivity index (χ0v) is 21.1. The normalized spacial score (nSPS) is 14.6. The van der Waals surface area contributed by atoms with Crippen molar-refractivity contribution in [1.82, 2.24) is 4.72 Å². The van der Waals surface area contributed by atoms with Gasteiger partial charge in [0.15, 0.2) is 6.61 Å². The SMILES string of the molecule is C[C@H](NS(=O)(=O)c1ccc(Cl)c(C(F)(F)F)c1)C(=O)OCC(=O)Nc1sc2c(c1C(N)=O)CCCC2. The second-order valence-corrected chi connectivity index (χ2v) is 11.1. The Bertz CT molecular complexity index is 1310. The number of sulfonamides is 1. The molecule has 1 aliphatic carbocycles. The van der Waals surface area contributed by atoms with E-state index in [1.807, 2.05) is 4.72 Å². The van der Waals surface area contributed by atoms with Gasteiger partial charge >= 0.3 is 12.1 Å². The highest BCUT2D eigenvalue weighted by Gasteiger charge is 2.35. The summed E-state index contributed by atoms with van der Waals surface area (Å²) in [6, 6.07) is 0.424. The van der Waals surface area contributed by atoms with Gasteiger partial charge in [0.1, 0.15) is 11.0 Å². The van der Waals surface area contributed by atoms with E-state index in [0.29, 0.717) is 12.5 Å². The minimum Gasteiger partial charge on any atom is -0.454 e. The zero-order valence-electron chi connectivity index (χ0n) is 18.7. The van der Waals surface area contributed by atoms with Crippen LogP contribution in [0.5, 0.6) is 0 Å². The van der Waals surface area contributed by atoms with Gasteiger partial charge in [0.05, 0.1) is 21.0 Å². The van der Waals surface area contributed by atoms with Crippen molar-refractivity contribution in [2.24, 2.45) is 5.73 Å². The standard InChI is InChI=1S/C21H21ClF3N3O6S2/c1-10(28-36(32,33)11-6-7-14(22)13(8-11)21(23,24)25)20(31)34-9-16(29)27-19-17(18(26)30)12-4-2-3-5-15(12)35-19/h6-8,10,28H,2-5,9H2,1H3,(H2,26,30)(H,27,29)/t10-/m0/s1. The monoisotopic (exact) mass is 567 g/mol. The zero-order chi connectivity index (χ0) is 26.8. The molecule has 0 bridgehead atoms. The van der Waals surface area contributed by atoms with E-state index in [4.69, 9.17) is 22.1 Å². The molecule has 1 aliphatic rings. The molecule has 0 saturated heterocycles. The van der Waals surface area contributed by atoms with Gasteiger partial charge in [0.25, 0.3) is 11.8 Å². The Morgan fingerprint density at radius 3 is 2.53 bits per heavy atom. The van der Waals surface area contributed by atoms with Gasteiger partial charge in [-0.2, -0.15) is 17.9 Å². The van der Waals surface area contributed by atoms with E-state index in [9.17, 15) is 36.0 Å². The summed E-state index contributed by atoms with van der Waals surface area (Å²) in [6.07, 6.45) is -1.66. The number of aryl methyl sites for hydroxylation is 1. The molecule has 0 radical (unpaired) electrons. The Labute approximate surface area is 213 Å². The number of anilines is 1. The molecular formula is C21H21ClF3N3O6S2. The topological polar surface area (TPSA) is 145 Å². The number of alkyl halides is 3. The maximum absolute atomic E-state index is 13.0. The van der Waals surface area contributed by atoms with Gasteiger partial charge in [-0.05, 0) is 56.4 Å². The number of carbonyl (C=O) groups is 3. The van der Waals surface area contributed by atoms with E-state index < -0.39 is 62.1 Å². The lowest BCUT2D eigenvalue weighted by Crippen LogP contribution is -2.40. The van der Waals surface area contributed by atoms with Crippen molar-refractivity contribution in [3.8, 4) is 0 Å². The minimum atomic E-state index is -4.89. The molecule has 0 fully saturated rings. The highest BCUT2D eigenvalue weighted by Crippen LogP contribution is 2.38. The van der Waals surface area contributed by atoms with Gasteiger partial charge in [0, 0.05) is 4.88 Å². The first-order valence-corrected chi connectivity index (χ1v) is 13.2. The molecule has 2 aromatic rings. The molecule has 1 aromatic heterocycles. The number of carbonyl (C=O) groups excluding carboxylic acids is 3. The first kappa shape index (κ1) is 27.9. The van der Waals surface area contributed by atoms with Crippen LogP contribution in [0, 0.1) is 0 Å². The van der Waals surface area contributed by atoms with Crippen LogP contribution in [0.3, 0.4) is 0 Å². The minimum absolute atomic E-state index is 0.219. The summed E-state index contributed by atoms with van der Waals surface area (Å²) in [4.78, 5) is 36.6. The fourth-order valence-corrected chi connectivity index (χ4v) is 6.33. The van der Waals surface area contributed by atoms with E-state index >= 15 is 0 Å². The lowest BCUT2D eigenvalue weighted by Gasteiger charge is -2.15. The van der Waals surface area contributed by atoms with Crippen molar-refractivity contribution in [3.63, 3.8) is 0 Å². The molecule has 196 valence electrons. The quantitative estimate of drug-likeness (QED) is 0.418. The van der Waals surface area contributed by atoms with Crippen LogP contribution in [0.1, 0.15) is 46.1 Å². The van der Waals surface area contributed by atoms with E-state index in [1.165, 1.54) is 11.3 Å². The molecule has 9 nitrogen and oxygen atoms in total. The number of hydrogen-bond donors (Lipinski definition) is 3. The fourth-order valence-electron chi connectivity index (χ4n) is 3.58. The lowest BCUT2D eigenvalue weighted by molar-refractivity contribution is -0.148. The number of primary amides is 1. The Morgan fingerprint density at radius 2 is 1.89 bits per heavy atom. The van der Waals surface area contributed by atoms with Gasteiger partial charge in [-0.25, -0.2) is 8.42 Å². The van der Waals surface area contributed by atoms with E-state index in [0.717, 1.165) is 48.8 Å². The van der Waals surface area contributed by atoms with Crippen molar-refractivity contribution in [3.05, 3.63) is 44.8 Å². The first-order valence-electron chi connectivity index (χ1n) is 10.5. The molecule has 4 N–H and O–H groups in total. The third-order valence-corrected chi connectivity index (χ3v) is 8.33. The van der Waals surface area contributed by atoms with Crippen LogP contribution in [0.15, 0.2) is 23.1 Å². The second kappa shape index (κ2) is 10.7. The number of ether oxygens (including phenoxy) is 1. The number of hydrogen-bond acceptors (Lipinski definition) is 7. The van der Waals surface area contributed by atoms with Crippen molar-refractivity contribution in [1.29, 1.82) is 0 Å². The van der Waals surface area contributed by atoms with Crippen molar-refractivity contribution in [2.45, 2.75) is 49.7 Å². The predicted molar refractivity (Wildman–Crippen MR) is 125 cm³/mol. The summed E-state index contributed by atoms with van der Waals surface area (Å²) in [6.45, 7) is 0.293. The number of nitrogens with two attached hydrogens (primary N) is 1. The average Bonchev–Trinajstić information content (AvgIpc) is 3.14. The lowest BCUT2D eigenvalue weighted by atomic mass is 9.95. The maximum atomic E-state index is 13.0. The third kappa shape index (κ3) is 6.35. The molecular weight excluding hydrogens is 547 g/mol. The number of rotatable bonds is 8. The second-order valence-electron chi connectivity index (χ2n) is 7.92. The molecule has 0 aliphatic heterocycles. The summed E-state index contributed by atoms with van der Waals surface area (Å²) in [5, 5.41) is 2.04. The Balaban J connectivity index is 1.62. The smallest absolute Gasteiger partial charge is 0.417 e. The van der Waals surface area contributed by atoms with Crippen LogP contribution in [0.25, 0.3) is 0 Å². The molecule has 0 spiro atoms. The number of nitrogens with one attached hydrogen (secondary N) is 2. The van der Waals surface area contributed by atoms with Crippen molar-refractivity contribution >= 4 is 55.7 Å². The summed E-state index contributed by atoms with van der Waals surface area (Å²) in [5.41, 5.74) is 5.12. The van der Waals surface area contributed by atoms with Crippen LogP contribution < -0.4 is 15.8 Å². The largest absolute Gasteiger partial charge is 0.454 e. The summed E-state index contributed by atoms with van der Waals surface area (Å²) >= 11 is 6.71. The molecule has 36 heavy (non-hydrogen) atoms. The molecule has 1 atom stereocenters. The van der Waals surface area contributed by atoms with Crippen molar-refractivity contribution in [2.75, 3.05) is 11.9 Å². The number of thiophene rings is 1. The van der Waals surface area contributed by atoms with E-state index in [1.54, 1.807) is 0 Å². The fraction of sp³-hybridized carbons (Fsp3) is 0.381. The predicted octanol–water partition coefficient (Wildman–Crippen LogP) is 3.25. The Hall–Kier alpha value is -2.68. The molecule has 0 unspecified atom stereocenters. The van der Waals surface area contributed by atoms with Crippen LogP contribution in [0.2, 0.25) is 5.02 Å². The third-order valence-electron chi connectivity index (χ3n) is 5.26. The molecule has 1 heterocycles. The van der Waals surface area contributed by atoms with E-state index in [2.05, 4.69) is 5.32 Å². The summed E-state index contributed by atoms with van der Waals surface area (Å²) < 4.78 is 70.8. The van der Waals surface area contributed by atoms with Gasteiger partial charge in [-0.3, -0.25) is 14.4 Å². The molecule has 1 aromatic carbocycles. The maximum Gasteiger partial charge on any atom is 0.417 e. The molecule has 15 heteroatoms. The van der Waals surface area contributed by atoms with E-state index in [-0.39, 0.29) is 10.6 Å². The van der Waals surface area contributed by atoms with Crippen LogP contribution in [-0.4, -0.2) is 38.9 Å². The van der Waals surface area contributed by atoms with Crippen LogP contribution in [0.4, 0.5) is 18.2 Å². The van der Waals surface area contributed by atoms with Gasteiger partial charge in [-0.1, -0.05) is 11.6 Å². The first-order chi connectivity index (χ1) is 16.7. The number of esters is 1. The Kier molecular flexibility index (Phi) is 8.33. The van der Waals surface area contributed by atoms with Gasteiger partial charge in [-0.15, -0.1) is 11.3 Å². The highest BCUT2D eigenvalue weighted by molar-refractivity contribution is 7.89. The van der Waals surface area contributed by atoms with Crippen LogP contribution in [-0.2, 0) is 43.4 Å². The number of fused-ring (bicyclic) bond motifs is 1. The molecule has 2 amide bonds. The van der Waals surface area contributed by atoms with Gasteiger partial charge in [0.2, 0.25) is 10.0 Å². The summed E-state index contributed by atoms with van der Waals surface area (Å²) in [5.74, 6) is -2.63. The number of benzene rings is 1. The molecule has 0 saturated carbocycles. The van der Waals surface area contributed by atoms with Crippen LogP contribution >= 0.6 is 22.9 Å². The number of halogens is 4. The number of amides is 2.